The van der Waals surface area contributed by atoms with Gasteiger partial charge in [-0.25, -0.2) is 0 Å². The lowest BCUT2D eigenvalue weighted by Crippen LogP contribution is -1.97. The van der Waals surface area contributed by atoms with Crippen LogP contribution in [0.5, 0.6) is 11.5 Å². The van der Waals surface area contributed by atoms with Crippen molar-refractivity contribution >= 4 is 33.1 Å². The third-order valence-electron chi connectivity index (χ3n) is 3.95. The fraction of sp³-hybridized carbons (Fsp3) is 0.167. The Labute approximate surface area is 142 Å². The van der Waals surface area contributed by atoms with Gasteiger partial charge in [0.1, 0.15) is 0 Å². The zero-order chi connectivity index (χ0) is 16.6. The molecule has 0 aliphatic heterocycles. The zero-order valence-corrected chi connectivity index (χ0v) is 14.7. The molecule has 0 aliphatic carbocycles. The van der Waals surface area contributed by atoms with Gasteiger partial charge in [0.05, 0.1) is 29.6 Å². The fourth-order valence-corrected chi connectivity index (χ4v) is 3.51. The van der Waals surface area contributed by atoms with Crippen LogP contribution in [0.3, 0.4) is 0 Å². The van der Waals surface area contributed by atoms with Crippen molar-refractivity contribution < 1.29 is 14.3 Å². The van der Waals surface area contributed by atoms with Crippen LogP contribution in [0.15, 0.2) is 40.9 Å². The number of hydrogen-bond donors (Lipinski definition) is 0. The number of carbonyl (C=O) groups is 1. The molecule has 3 rings (SSSR count). The molecule has 0 saturated carbocycles. The molecule has 118 valence electrons. The second kappa shape index (κ2) is 6.08. The predicted octanol–water partition coefficient (Wildman–Crippen LogP) is 4.53. The van der Waals surface area contributed by atoms with Gasteiger partial charge in [0.2, 0.25) is 0 Å². The Bertz CT molecular complexity index is 885. The van der Waals surface area contributed by atoms with Crippen LogP contribution >= 0.6 is 15.9 Å². The van der Waals surface area contributed by atoms with Crippen molar-refractivity contribution in [1.29, 1.82) is 0 Å². The molecule has 23 heavy (non-hydrogen) atoms. The van der Waals surface area contributed by atoms with Gasteiger partial charge in [0.15, 0.2) is 17.8 Å². The van der Waals surface area contributed by atoms with E-state index in [1.807, 2.05) is 47.9 Å². The maximum Gasteiger partial charge on any atom is 0.175 e. The summed E-state index contributed by atoms with van der Waals surface area (Å²) in [5, 5.41) is 0.754. The van der Waals surface area contributed by atoms with E-state index in [1.165, 1.54) is 0 Å². The van der Waals surface area contributed by atoms with Crippen LogP contribution in [-0.2, 0) is 0 Å². The van der Waals surface area contributed by atoms with E-state index in [4.69, 9.17) is 9.47 Å². The number of aldehydes is 1. The van der Waals surface area contributed by atoms with Gasteiger partial charge < -0.3 is 14.0 Å². The standard InChI is InChI=1S/C18H16BrNO3/c1-11-13(10-21)16-15(20(11)12-7-5-4-6-8-12)9-14(19)17(22-2)18(16)23-3/h4-10H,1-3H3. The van der Waals surface area contributed by atoms with E-state index >= 15 is 0 Å². The maximum absolute atomic E-state index is 11.7. The van der Waals surface area contributed by atoms with Crippen molar-refractivity contribution in [3.05, 3.63) is 52.1 Å². The first kappa shape index (κ1) is 15.6. The lowest BCUT2D eigenvalue weighted by Gasteiger charge is -2.13. The number of para-hydroxylation sites is 1. The number of benzene rings is 2. The molecule has 1 heterocycles. The molecule has 0 amide bonds. The number of aromatic nitrogens is 1. The predicted molar refractivity (Wildman–Crippen MR) is 94.2 cm³/mol. The van der Waals surface area contributed by atoms with Gasteiger partial charge in [-0.3, -0.25) is 4.79 Å². The summed E-state index contributed by atoms with van der Waals surface area (Å²) in [4.78, 5) is 11.7. The average Bonchev–Trinajstić information content (AvgIpc) is 2.85. The number of ether oxygens (including phenoxy) is 2. The summed E-state index contributed by atoms with van der Waals surface area (Å²) in [7, 11) is 3.16. The van der Waals surface area contributed by atoms with Gasteiger partial charge in [-0.2, -0.15) is 0 Å². The second-order valence-electron chi connectivity index (χ2n) is 5.11. The molecule has 3 aromatic rings. The summed E-state index contributed by atoms with van der Waals surface area (Å²) in [6, 6.07) is 11.9. The van der Waals surface area contributed by atoms with Crippen LogP contribution in [0.25, 0.3) is 16.6 Å². The first-order valence-corrected chi connectivity index (χ1v) is 7.89. The van der Waals surface area contributed by atoms with Crippen LogP contribution in [0.2, 0.25) is 0 Å². The molecule has 0 atom stereocenters. The van der Waals surface area contributed by atoms with E-state index in [-0.39, 0.29) is 0 Å². The minimum atomic E-state index is 0.553. The number of fused-ring (bicyclic) bond motifs is 1. The minimum absolute atomic E-state index is 0.553. The maximum atomic E-state index is 11.7. The zero-order valence-electron chi connectivity index (χ0n) is 13.1. The van der Waals surface area contributed by atoms with E-state index in [0.29, 0.717) is 17.1 Å². The first-order valence-electron chi connectivity index (χ1n) is 7.10. The van der Waals surface area contributed by atoms with Gasteiger partial charge in [-0.1, -0.05) is 18.2 Å². The molecule has 0 N–H and O–H groups in total. The Morgan fingerprint density at radius 2 is 1.74 bits per heavy atom. The van der Waals surface area contributed by atoms with Crippen molar-refractivity contribution in [2.24, 2.45) is 0 Å². The monoisotopic (exact) mass is 373 g/mol. The molecule has 0 radical (unpaired) electrons. The SMILES string of the molecule is COc1c(Br)cc2c(c(C=O)c(C)n2-c2ccccc2)c1OC. The highest BCUT2D eigenvalue weighted by Gasteiger charge is 2.23. The number of methoxy groups -OCH3 is 2. The highest BCUT2D eigenvalue weighted by atomic mass is 79.9. The second-order valence-corrected chi connectivity index (χ2v) is 5.96. The Balaban J connectivity index is 2.51. The fourth-order valence-electron chi connectivity index (χ4n) is 2.95. The van der Waals surface area contributed by atoms with Crippen LogP contribution in [0.4, 0.5) is 0 Å². The van der Waals surface area contributed by atoms with Crippen molar-refractivity contribution in [3.63, 3.8) is 0 Å². The van der Waals surface area contributed by atoms with Crippen molar-refractivity contribution in [2.45, 2.75) is 6.92 Å². The van der Waals surface area contributed by atoms with E-state index in [1.54, 1.807) is 14.2 Å². The first-order chi connectivity index (χ1) is 11.1. The topological polar surface area (TPSA) is 40.5 Å². The molecule has 0 unspecified atom stereocenters. The highest BCUT2D eigenvalue weighted by Crippen LogP contribution is 2.45. The molecule has 0 aliphatic rings. The lowest BCUT2D eigenvalue weighted by molar-refractivity contribution is 0.112. The third-order valence-corrected chi connectivity index (χ3v) is 4.53. The molecule has 1 aromatic heterocycles. The quantitative estimate of drug-likeness (QED) is 0.630. The summed E-state index contributed by atoms with van der Waals surface area (Å²) in [5.41, 5.74) is 3.34. The Hall–Kier alpha value is -2.27. The van der Waals surface area contributed by atoms with E-state index < -0.39 is 0 Å². The molecule has 2 aromatic carbocycles. The summed E-state index contributed by atoms with van der Waals surface area (Å²) in [6.45, 7) is 1.93. The average molecular weight is 374 g/mol. The van der Waals surface area contributed by atoms with E-state index in [9.17, 15) is 4.79 Å². The highest BCUT2D eigenvalue weighted by molar-refractivity contribution is 9.10. The number of carbonyl (C=O) groups excluding carboxylic acids is 1. The number of rotatable bonds is 4. The Kier molecular flexibility index (Phi) is 4.13. The van der Waals surface area contributed by atoms with E-state index in [2.05, 4.69) is 15.9 Å². The van der Waals surface area contributed by atoms with Crippen LogP contribution < -0.4 is 9.47 Å². The summed E-state index contributed by atoms with van der Waals surface area (Å²) in [5.74, 6) is 1.13. The van der Waals surface area contributed by atoms with Crippen LogP contribution in [-0.4, -0.2) is 25.1 Å². The largest absolute Gasteiger partial charge is 0.492 e. The summed E-state index contributed by atoms with van der Waals surface area (Å²) < 4.78 is 13.8. The van der Waals surface area contributed by atoms with Gasteiger partial charge in [-0.15, -0.1) is 0 Å². The molecule has 5 heteroatoms. The molecule has 0 spiro atoms. The lowest BCUT2D eigenvalue weighted by atomic mass is 10.1. The van der Waals surface area contributed by atoms with Crippen molar-refractivity contribution in [2.75, 3.05) is 14.2 Å². The number of hydrogen-bond acceptors (Lipinski definition) is 3. The van der Waals surface area contributed by atoms with Crippen LogP contribution in [0.1, 0.15) is 16.1 Å². The van der Waals surface area contributed by atoms with Crippen molar-refractivity contribution in [3.8, 4) is 17.2 Å². The van der Waals surface area contributed by atoms with Gasteiger partial charge in [0.25, 0.3) is 0 Å². The normalized spacial score (nSPS) is 10.8. The molecular formula is C18H16BrNO3. The smallest absolute Gasteiger partial charge is 0.175 e. The minimum Gasteiger partial charge on any atom is -0.492 e. The Morgan fingerprint density at radius 1 is 1.09 bits per heavy atom. The van der Waals surface area contributed by atoms with Crippen molar-refractivity contribution in [1.82, 2.24) is 4.57 Å². The van der Waals surface area contributed by atoms with Gasteiger partial charge in [-0.05, 0) is 41.1 Å². The van der Waals surface area contributed by atoms with Gasteiger partial charge in [0, 0.05) is 16.9 Å². The molecule has 0 fully saturated rings. The molecule has 0 saturated heterocycles. The van der Waals surface area contributed by atoms with Gasteiger partial charge >= 0.3 is 0 Å². The third kappa shape index (κ3) is 2.32. The molecule has 0 bridgehead atoms. The summed E-state index contributed by atoms with van der Waals surface area (Å²) in [6.07, 6.45) is 0.868. The van der Waals surface area contributed by atoms with E-state index in [0.717, 1.165) is 33.0 Å². The number of halogens is 1. The molecular weight excluding hydrogens is 358 g/mol. The summed E-state index contributed by atoms with van der Waals surface area (Å²) >= 11 is 3.53. The molecule has 4 nitrogen and oxygen atoms in total. The number of nitrogens with zero attached hydrogens (tertiary/aromatic N) is 1. The Morgan fingerprint density at radius 3 is 2.30 bits per heavy atom. The van der Waals surface area contributed by atoms with Crippen LogP contribution in [0, 0.1) is 6.92 Å².